The van der Waals surface area contributed by atoms with Gasteiger partial charge in [-0.2, -0.15) is 13.2 Å². The third-order valence-corrected chi connectivity index (χ3v) is 3.43. The Morgan fingerprint density at radius 1 is 0.955 bits per heavy atom. The lowest BCUT2D eigenvalue weighted by Gasteiger charge is -2.10. The molecule has 0 saturated carbocycles. The standard InChI is InChI=1S/C17H11F3O2/c18-17(19,20)13-8-4-7-12(9-13)14-10-22-16(15(14)21)11-5-2-1-3-6-11/h1-10,16H. The van der Waals surface area contributed by atoms with Crippen LogP contribution in [0.25, 0.3) is 5.57 Å². The number of ketones is 1. The van der Waals surface area contributed by atoms with E-state index in [1.54, 1.807) is 24.3 Å². The number of carbonyl (C=O) groups is 1. The van der Waals surface area contributed by atoms with Crippen LogP contribution in [-0.4, -0.2) is 5.78 Å². The number of hydrogen-bond donors (Lipinski definition) is 0. The van der Waals surface area contributed by atoms with Gasteiger partial charge in [0.25, 0.3) is 0 Å². The summed E-state index contributed by atoms with van der Waals surface area (Å²) in [6, 6.07) is 13.5. The molecule has 5 heteroatoms. The smallest absolute Gasteiger partial charge is 0.416 e. The van der Waals surface area contributed by atoms with Crippen LogP contribution in [0, 0.1) is 0 Å². The molecule has 0 radical (unpaired) electrons. The predicted octanol–water partition coefficient (Wildman–Crippen LogP) is 4.39. The van der Waals surface area contributed by atoms with Crippen molar-refractivity contribution in [3.63, 3.8) is 0 Å². The van der Waals surface area contributed by atoms with E-state index in [9.17, 15) is 18.0 Å². The summed E-state index contributed by atoms with van der Waals surface area (Å²) in [7, 11) is 0. The molecular formula is C17H11F3O2. The van der Waals surface area contributed by atoms with E-state index in [1.165, 1.54) is 18.4 Å². The van der Waals surface area contributed by atoms with Gasteiger partial charge in [0.15, 0.2) is 6.10 Å². The fraction of sp³-hybridized carbons (Fsp3) is 0.118. The average molecular weight is 304 g/mol. The molecule has 2 aromatic carbocycles. The minimum absolute atomic E-state index is 0.153. The zero-order chi connectivity index (χ0) is 15.7. The van der Waals surface area contributed by atoms with Gasteiger partial charge in [0, 0.05) is 5.56 Å². The summed E-state index contributed by atoms with van der Waals surface area (Å²) in [5, 5.41) is 0. The SMILES string of the molecule is O=C1C(c2cccc(C(F)(F)F)c2)=COC1c1ccccc1. The normalized spacial score (nSPS) is 18.0. The van der Waals surface area contributed by atoms with Crippen LogP contribution < -0.4 is 0 Å². The molecule has 0 aromatic heterocycles. The van der Waals surface area contributed by atoms with Crippen molar-refractivity contribution in [2.24, 2.45) is 0 Å². The molecular weight excluding hydrogens is 293 g/mol. The highest BCUT2D eigenvalue weighted by molar-refractivity contribution is 6.24. The van der Waals surface area contributed by atoms with E-state index in [-0.39, 0.29) is 16.9 Å². The molecule has 1 heterocycles. The maximum Gasteiger partial charge on any atom is 0.416 e. The highest BCUT2D eigenvalue weighted by atomic mass is 19.4. The highest BCUT2D eigenvalue weighted by Crippen LogP contribution is 2.36. The van der Waals surface area contributed by atoms with Gasteiger partial charge in [-0.3, -0.25) is 4.79 Å². The Hall–Kier alpha value is -2.56. The fourth-order valence-electron chi connectivity index (χ4n) is 2.33. The maximum absolute atomic E-state index is 12.8. The van der Waals surface area contributed by atoms with Gasteiger partial charge in [0.1, 0.15) is 0 Å². The van der Waals surface area contributed by atoms with Gasteiger partial charge in [-0.1, -0.05) is 42.5 Å². The third kappa shape index (κ3) is 2.62. The van der Waals surface area contributed by atoms with Gasteiger partial charge in [0.2, 0.25) is 5.78 Å². The molecule has 22 heavy (non-hydrogen) atoms. The van der Waals surface area contributed by atoms with E-state index >= 15 is 0 Å². The van der Waals surface area contributed by atoms with Crippen molar-refractivity contribution in [3.8, 4) is 0 Å². The molecule has 1 unspecified atom stereocenters. The van der Waals surface area contributed by atoms with Gasteiger partial charge in [0.05, 0.1) is 17.4 Å². The third-order valence-electron chi connectivity index (χ3n) is 3.43. The summed E-state index contributed by atoms with van der Waals surface area (Å²) >= 11 is 0. The summed E-state index contributed by atoms with van der Waals surface area (Å²) in [4.78, 5) is 12.4. The van der Waals surface area contributed by atoms with E-state index in [4.69, 9.17) is 4.74 Å². The van der Waals surface area contributed by atoms with E-state index < -0.39 is 17.8 Å². The Balaban J connectivity index is 1.90. The van der Waals surface area contributed by atoms with Crippen LogP contribution in [0.15, 0.2) is 60.9 Å². The second-order valence-corrected chi connectivity index (χ2v) is 4.90. The average Bonchev–Trinajstić information content (AvgIpc) is 2.89. The zero-order valence-electron chi connectivity index (χ0n) is 11.3. The fourth-order valence-corrected chi connectivity index (χ4v) is 2.33. The van der Waals surface area contributed by atoms with Crippen LogP contribution in [0.2, 0.25) is 0 Å². The van der Waals surface area contributed by atoms with E-state index in [0.29, 0.717) is 5.56 Å². The first-order valence-electron chi connectivity index (χ1n) is 6.59. The van der Waals surface area contributed by atoms with E-state index in [1.807, 2.05) is 6.07 Å². The maximum atomic E-state index is 12.8. The van der Waals surface area contributed by atoms with Crippen LogP contribution in [0.5, 0.6) is 0 Å². The van der Waals surface area contributed by atoms with Crippen LogP contribution in [0.3, 0.4) is 0 Å². The quantitative estimate of drug-likeness (QED) is 0.822. The molecule has 0 fully saturated rings. The van der Waals surface area contributed by atoms with Crippen LogP contribution in [-0.2, 0) is 15.7 Å². The second-order valence-electron chi connectivity index (χ2n) is 4.90. The molecule has 0 amide bonds. The Morgan fingerprint density at radius 2 is 1.68 bits per heavy atom. The molecule has 0 spiro atoms. The highest BCUT2D eigenvalue weighted by Gasteiger charge is 2.34. The first kappa shape index (κ1) is 14.4. The molecule has 112 valence electrons. The number of rotatable bonds is 2. The number of hydrogen-bond acceptors (Lipinski definition) is 2. The van der Waals surface area contributed by atoms with Gasteiger partial charge in [-0.15, -0.1) is 0 Å². The predicted molar refractivity (Wildman–Crippen MR) is 74.7 cm³/mol. The van der Waals surface area contributed by atoms with Gasteiger partial charge in [-0.25, -0.2) is 0 Å². The monoisotopic (exact) mass is 304 g/mol. The van der Waals surface area contributed by atoms with Crippen LogP contribution in [0.1, 0.15) is 22.8 Å². The van der Waals surface area contributed by atoms with Crippen LogP contribution >= 0.6 is 0 Å². The summed E-state index contributed by atoms with van der Waals surface area (Å²) in [6.07, 6.45) is -4.02. The van der Waals surface area contributed by atoms with Crippen LogP contribution in [0.4, 0.5) is 13.2 Å². The summed E-state index contributed by atoms with van der Waals surface area (Å²) in [5.74, 6) is -0.342. The summed E-state index contributed by atoms with van der Waals surface area (Å²) in [6.45, 7) is 0. The van der Waals surface area contributed by atoms with E-state index in [0.717, 1.165) is 12.1 Å². The number of halogens is 3. The Morgan fingerprint density at radius 3 is 2.36 bits per heavy atom. The molecule has 1 aliphatic rings. The number of alkyl halides is 3. The van der Waals surface area contributed by atoms with Crippen molar-refractivity contribution in [1.29, 1.82) is 0 Å². The first-order chi connectivity index (χ1) is 10.5. The lowest BCUT2D eigenvalue weighted by Crippen LogP contribution is -2.10. The number of carbonyl (C=O) groups excluding carboxylic acids is 1. The minimum Gasteiger partial charge on any atom is -0.484 e. The molecule has 0 saturated heterocycles. The van der Waals surface area contributed by atoms with Gasteiger partial charge < -0.3 is 4.74 Å². The number of Topliss-reactive ketones (excluding diaryl/α,β-unsaturated/α-hetero) is 1. The van der Waals surface area contributed by atoms with Crippen molar-refractivity contribution in [2.45, 2.75) is 12.3 Å². The zero-order valence-corrected chi connectivity index (χ0v) is 11.3. The lowest BCUT2D eigenvalue weighted by atomic mass is 9.96. The molecule has 0 bridgehead atoms. The Labute approximate surface area is 124 Å². The van der Waals surface area contributed by atoms with Gasteiger partial charge in [-0.05, 0) is 17.7 Å². The Kier molecular flexibility index (Phi) is 3.48. The van der Waals surface area contributed by atoms with Crippen molar-refractivity contribution < 1.29 is 22.7 Å². The molecule has 3 rings (SSSR count). The van der Waals surface area contributed by atoms with Crippen molar-refractivity contribution in [1.82, 2.24) is 0 Å². The molecule has 0 aliphatic carbocycles. The van der Waals surface area contributed by atoms with Gasteiger partial charge >= 0.3 is 6.18 Å². The Bertz CT molecular complexity index is 733. The number of benzene rings is 2. The minimum atomic E-state index is -4.45. The molecule has 2 nitrogen and oxygen atoms in total. The molecule has 2 aromatic rings. The molecule has 1 aliphatic heterocycles. The summed E-state index contributed by atoms with van der Waals surface area (Å²) in [5.41, 5.74) is 0.241. The van der Waals surface area contributed by atoms with Crippen molar-refractivity contribution in [3.05, 3.63) is 77.5 Å². The lowest BCUT2D eigenvalue weighted by molar-refractivity contribution is -0.137. The number of ether oxygens (including phenoxy) is 1. The van der Waals surface area contributed by atoms with Crippen molar-refractivity contribution >= 4 is 11.4 Å². The molecule has 1 atom stereocenters. The second kappa shape index (κ2) is 5.33. The first-order valence-corrected chi connectivity index (χ1v) is 6.59. The van der Waals surface area contributed by atoms with Crippen molar-refractivity contribution in [2.75, 3.05) is 0 Å². The largest absolute Gasteiger partial charge is 0.484 e. The summed E-state index contributed by atoms with van der Waals surface area (Å²) < 4.78 is 43.6. The van der Waals surface area contributed by atoms with E-state index in [2.05, 4.69) is 0 Å². The molecule has 0 N–H and O–H groups in total. The topological polar surface area (TPSA) is 26.3 Å².